The van der Waals surface area contributed by atoms with Crippen LogP contribution in [0, 0.1) is 0 Å². The number of pyridine rings is 2. The molecule has 2 N–H and O–H groups in total. The highest BCUT2D eigenvalue weighted by atomic mass is 16.5. The summed E-state index contributed by atoms with van der Waals surface area (Å²) in [6, 6.07) is 11.4. The molecule has 0 unspecified atom stereocenters. The summed E-state index contributed by atoms with van der Waals surface area (Å²) in [5.41, 5.74) is 3.63. The Morgan fingerprint density at radius 3 is 2.51 bits per heavy atom. The highest BCUT2D eigenvalue weighted by Crippen LogP contribution is 2.37. The van der Waals surface area contributed by atoms with Crippen LogP contribution in [0.4, 0.5) is 23.0 Å². The summed E-state index contributed by atoms with van der Waals surface area (Å²) in [6.07, 6.45) is 5.75. The molecule has 0 radical (unpaired) electrons. The molecule has 1 aromatic carbocycles. The molecule has 0 aliphatic carbocycles. The van der Waals surface area contributed by atoms with Gasteiger partial charge >= 0.3 is 0 Å². The maximum Gasteiger partial charge on any atom is 0.184 e. The van der Waals surface area contributed by atoms with E-state index in [1.54, 1.807) is 37.5 Å². The van der Waals surface area contributed by atoms with Crippen molar-refractivity contribution in [3.63, 3.8) is 0 Å². The van der Waals surface area contributed by atoms with Crippen LogP contribution in [-0.2, 0) is 18.3 Å². The molecule has 4 heterocycles. The summed E-state index contributed by atoms with van der Waals surface area (Å²) < 4.78 is 12.7. The smallest absolute Gasteiger partial charge is 0.184 e. The van der Waals surface area contributed by atoms with Gasteiger partial charge in [0, 0.05) is 58.7 Å². The van der Waals surface area contributed by atoms with E-state index >= 15 is 0 Å². The summed E-state index contributed by atoms with van der Waals surface area (Å²) in [7, 11) is 5.15. The number of carbonyl (C=O) groups excluding carboxylic acids is 1. The summed E-state index contributed by atoms with van der Waals surface area (Å²) in [4.78, 5) is 28.5. The molecule has 4 aromatic rings. The third kappa shape index (κ3) is 5.89. The molecule has 0 amide bonds. The standard InChI is InChI=1S/C28H32N8O3/c1-5-24(37)21-13-30-26(33-25-10-9-18(12-29-25)14-36-15-19(16-36)38-3)11-23(21)32-22-8-6-7-20(27(22)39-4)28-31-17-35(2)34-28/h6-13,17,19H,5,14-16H2,1-4H3,(H2,29,30,32,33). The highest BCUT2D eigenvalue weighted by Gasteiger charge is 2.26. The molecule has 39 heavy (non-hydrogen) atoms. The van der Waals surface area contributed by atoms with Crippen molar-refractivity contribution in [2.45, 2.75) is 26.0 Å². The van der Waals surface area contributed by atoms with Crippen molar-refractivity contribution in [1.29, 1.82) is 0 Å². The fourth-order valence-electron chi connectivity index (χ4n) is 4.46. The molecule has 0 bridgehead atoms. The molecule has 0 atom stereocenters. The summed E-state index contributed by atoms with van der Waals surface area (Å²) in [6.45, 7) is 4.53. The van der Waals surface area contributed by atoms with Gasteiger partial charge in [-0.15, -0.1) is 0 Å². The van der Waals surface area contributed by atoms with Crippen LogP contribution < -0.4 is 15.4 Å². The molecule has 5 rings (SSSR count). The second-order valence-corrected chi connectivity index (χ2v) is 9.37. The van der Waals surface area contributed by atoms with Crippen LogP contribution in [0.1, 0.15) is 29.3 Å². The van der Waals surface area contributed by atoms with Crippen molar-refractivity contribution >= 4 is 28.8 Å². The Kier molecular flexibility index (Phi) is 7.80. The van der Waals surface area contributed by atoms with Gasteiger partial charge in [-0.25, -0.2) is 15.0 Å². The van der Waals surface area contributed by atoms with Crippen LogP contribution in [0.5, 0.6) is 5.75 Å². The van der Waals surface area contributed by atoms with E-state index in [4.69, 9.17) is 9.47 Å². The van der Waals surface area contributed by atoms with Crippen molar-refractivity contribution in [3.05, 3.63) is 66.2 Å². The van der Waals surface area contributed by atoms with Gasteiger partial charge in [0.1, 0.15) is 18.0 Å². The van der Waals surface area contributed by atoms with Crippen molar-refractivity contribution in [3.8, 4) is 17.1 Å². The molecule has 0 spiro atoms. The van der Waals surface area contributed by atoms with E-state index in [2.05, 4.69) is 35.6 Å². The van der Waals surface area contributed by atoms with E-state index in [1.165, 1.54) is 0 Å². The van der Waals surface area contributed by atoms with E-state index in [9.17, 15) is 4.79 Å². The second kappa shape index (κ2) is 11.6. The van der Waals surface area contributed by atoms with E-state index in [-0.39, 0.29) is 5.78 Å². The number of para-hydroxylation sites is 1. The molecular formula is C28H32N8O3. The first-order chi connectivity index (χ1) is 19.0. The van der Waals surface area contributed by atoms with Crippen LogP contribution in [0.2, 0.25) is 0 Å². The van der Waals surface area contributed by atoms with E-state index in [0.29, 0.717) is 52.7 Å². The van der Waals surface area contributed by atoms with E-state index < -0.39 is 0 Å². The minimum absolute atomic E-state index is 0.0257. The zero-order valence-electron chi connectivity index (χ0n) is 22.5. The first-order valence-electron chi connectivity index (χ1n) is 12.8. The average molecular weight is 529 g/mol. The highest BCUT2D eigenvalue weighted by molar-refractivity contribution is 6.02. The first-order valence-corrected chi connectivity index (χ1v) is 12.8. The number of aromatic nitrogens is 5. The average Bonchev–Trinajstić information content (AvgIpc) is 3.37. The van der Waals surface area contributed by atoms with Gasteiger partial charge in [0.25, 0.3) is 0 Å². The summed E-state index contributed by atoms with van der Waals surface area (Å²) in [5, 5.41) is 11.0. The predicted octanol–water partition coefficient (Wildman–Crippen LogP) is 4.19. The number of anilines is 4. The Morgan fingerprint density at radius 1 is 1.03 bits per heavy atom. The Morgan fingerprint density at radius 2 is 1.85 bits per heavy atom. The lowest BCUT2D eigenvalue weighted by molar-refractivity contribution is -0.0334. The zero-order chi connectivity index (χ0) is 27.4. The third-order valence-electron chi connectivity index (χ3n) is 6.60. The molecule has 3 aromatic heterocycles. The lowest BCUT2D eigenvalue weighted by Crippen LogP contribution is -2.50. The largest absolute Gasteiger partial charge is 0.494 e. The monoisotopic (exact) mass is 528 g/mol. The maximum absolute atomic E-state index is 12.8. The lowest BCUT2D eigenvalue weighted by Gasteiger charge is -2.38. The molecule has 11 heteroatoms. The quantitative estimate of drug-likeness (QED) is 0.274. The predicted molar refractivity (Wildman–Crippen MR) is 149 cm³/mol. The molecule has 0 saturated carbocycles. The molecule has 11 nitrogen and oxygen atoms in total. The van der Waals surface area contributed by atoms with Crippen LogP contribution in [0.25, 0.3) is 11.4 Å². The number of hydrogen-bond acceptors (Lipinski definition) is 10. The van der Waals surface area contributed by atoms with Gasteiger partial charge < -0.3 is 20.1 Å². The lowest BCUT2D eigenvalue weighted by atomic mass is 10.1. The number of ketones is 1. The van der Waals surface area contributed by atoms with Gasteiger partial charge in [-0.1, -0.05) is 19.1 Å². The minimum Gasteiger partial charge on any atom is -0.494 e. The van der Waals surface area contributed by atoms with Gasteiger partial charge in [0.05, 0.1) is 35.7 Å². The van der Waals surface area contributed by atoms with E-state index in [0.717, 1.165) is 30.8 Å². The minimum atomic E-state index is -0.0257. The van der Waals surface area contributed by atoms with Gasteiger partial charge in [-0.05, 0) is 23.8 Å². The molecule has 202 valence electrons. The Balaban J connectivity index is 1.38. The number of nitrogens with zero attached hydrogens (tertiary/aromatic N) is 6. The number of likely N-dealkylation sites (tertiary alicyclic amines) is 1. The Bertz CT molecular complexity index is 1450. The van der Waals surface area contributed by atoms with Gasteiger partial charge in [0.2, 0.25) is 0 Å². The summed E-state index contributed by atoms with van der Waals surface area (Å²) >= 11 is 0. The Labute approximate surface area is 227 Å². The van der Waals surface area contributed by atoms with Crippen molar-refractivity contribution in [2.24, 2.45) is 7.05 Å². The SMILES string of the molecule is CCC(=O)c1cnc(Nc2ccc(CN3CC(OC)C3)cn2)cc1Nc1cccc(-c2ncn(C)n2)c1OC. The molecule has 1 fully saturated rings. The van der Waals surface area contributed by atoms with Gasteiger partial charge in [0.15, 0.2) is 17.4 Å². The zero-order valence-corrected chi connectivity index (χ0v) is 22.5. The normalized spacial score (nSPS) is 13.6. The fourth-order valence-corrected chi connectivity index (χ4v) is 4.46. The number of hydrogen-bond donors (Lipinski definition) is 2. The summed E-state index contributed by atoms with van der Waals surface area (Å²) in [5.74, 6) is 2.30. The maximum atomic E-state index is 12.8. The number of ether oxygens (including phenoxy) is 2. The van der Waals surface area contributed by atoms with E-state index in [1.807, 2.05) is 50.5 Å². The Hall–Kier alpha value is -4.35. The van der Waals surface area contributed by atoms with Gasteiger partial charge in [-0.2, -0.15) is 5.10 Å². The topological polar surface area (TPSA) is 119 Å². The molecule has 1 aliphatic rings. The molecule has 1 saturated heterocycles. The number of nitrogens with one attached hydrogen (secondary N) is 2. The van der Waals surface area contributed by atoms with Crippen LogP contribution in [0.3, 0.4) is 0 Å². The number of Topliss-reactive ketones (excluding diaryl/α,β-unsaturated/α-hetero) is 1. The number of benzene rings is 1. The van der Waals surface area contributed by atoms with Crippen LogP contribution in [-0.4, -0.2) is 68.8 Å². The van der Waals surface area contributed by atoms with Crippen molar-refractivity contribution in [1.82, 2.24) is 29.6 Å². The first kappa shape index (κ1) is 26.3. The fraction of sp³-hybridized carbons (Fsp3) is 0.321. The number of aryl methyl sites for hydroxylation is 1. The molecular weight excluding hydrogens is 496 g/mol. The number of methoxy groups -OCH3 is 2. The van der Waals surface area contributed by atoms with Crippen molar-refractivity contribution in [2.75, 3.05) is 37.9 Å². The molecule has 1 aliphatic heterocycles. The third-order valence-corrected chi connectivity index (χ3v) is 6.60. The van der Waals surface area contributed by atoms with Crippen LogP contribution >= 0.6 is 0 Å². The second-order valence-electron chi connectivity index (χ2n) is 9.37. The van der Waals surface area contributed by atoms with Crippen molar-refractivity contribution < 1.29 is 14.3 Å². The number of rotatable bonds is 11. The number of carbonyl (C=O) groups is 1. The van der Waals surface area contributed by atoms with Crippen LogP contribution in [0.15, 0.2) is 55.1 Å². The van der Waals surface area contributed by atoms with Gasteiger partial charge in [-0.3, -0.25) is 14.4 Å².